The highest BCUT2D eigenvalue weighted by Gasteiger charge is 2.28. The number of nitrogens with two attached hydrogens (primary N) is 1. The van der Waals surface area contributed by atoms with Gasteiger partial charge in [-0.3, -0.25) is 23.4 Å². The molecule has 0 amide bonds. The van der Waals surface area contributed by atoms with Crippen molar-refractivity contribution >= 4 is 25.7 Å². The van der Waals surface area contributed by atoms with Crippen LogP contribution >= 0.6 is 7.82 Å². The molecular weight excluding hydrogens is 673 g/mol. The van der Waals surface area contributed by atoms with E-state index in [0.717, 1.165) is 57.8 Å². The molecule has 3 atom stereocenters. The number of aliphatic carboxylic acids is 1. The zero-order chi connectivity index (χ0) is 37.8. The van der Waals surface area contributed by atoms with E-state index in [1.54, 1.807) is 0 Å². The number of rotatable bonds is 38. The van der Waals surface area contributed by atoms with Crippen LogP contribution in [0, 0.1) is 0 Å². The number of carbonyl (C=O) groups excluding carboxylic acids is 2. The highest BCUT2D eigenvalue weighted by molar-refractivity contribution is 7.47. The van der Waals surface area contributed by atoms with Crippen molar-refractivity contribution in [2.45, 2.75) is 199 Å². The number of esters is 2. The van der Waals surface area contributed by atoms with Crippen LogP contribution in [0.5, 0.6) is 0 Å². The molecule has 0 saturated heterocycles. The molecule has 4 N–H and O–H groups in total. The van der Waals surface area contributed by atoms with Crippen LogP contribution in [-0.2, 0) is 37.5 Å². The summed E-state index contributed by atoms with van der Waals surface area (Å²) in [6.07, 6.45) is 32.7. The van der Waals surface area contributed by atoms with E-state index in [2.05, 4.69) is 30.5 Å². The van der Waals surface area contributed by atoms with Crippen LogP contribution in [0.1, 0.15) is 187 Å². The first kappa shape index (κ1) is 49.2. The molecule has 51 heavy (non-hydrogen) atoms. The molecule has 0 saturated carbocycles. The summed E-state index contributed by atoms with van der Waals surface area (Å²) < 4.78 is 32.6. The fourth-order valence-electron chi connectivity index (χ4n) is 5.53. The number of carboxylic acids is 1. The SMILES string of the molecule is CCCCCC/C=C/CCCCCCCC(=O)O[C@H](COC(=O)CCCCCCCCCCCCCCCC)COP(=O)(O)OC[C@H](N)C(=O)O. The molecule has 1 unspecified atom stereocenters. The lowest BCUT2D eigenvalue weighted by Gasteiger charge is -2.20. The molecule has 0 radical (unpaired) electrons. The van der Waals surface area contributed by atoms with Crippen molar-refractivity contribution in [2.75, 3.05) is 19.8 Å². The molecule has 0 rings (SSSR count). The van der Waals surface area contributed by atoms with Crippen LogP contribution in [0.2, 0.25) is 0 Å². The summed E-state index contributed by atoms with van der Waals surface area (Å²) >= 11 is 0. The van der Waals surface area contributed by atoms with Gasteiger partial charge in [-0.15, -0.1) is 0 Å². The van der Waals surface area contributed by atoms with Crippen LogP contribution in [0.15, 0.2) is 12.2 Å². The Bertz CT molecular complexity index is 932. The van der Waals surface area contributed by atoms with Gasteiger partial charge in [-0.05, 0) is 38.5 Å². The molecule has 0 aromatic rings. The minimum atomic E-state index is -4.71. The van der Waals surface area contributed by atoms with Crippen molar-refractivity contribution in [1.29, 1.82) is 0 Å². The molecule has 11 nitrogen and oxygen atoms in total. The molecule has 0 aliphatic heterocycles. The Labute approximate surface area is 309 Å². The van der Waals surface area contributed by atoms with Gasteiger partial charge in [0.25, 0.3) is 0 Å². The molecule has 0 heterocycles. The van der Waals surface area contributed by atoms with Crippen molar-refractivity contribution in [1.82, 2.24) is 0 Å². The third-order valence-corrected chi connectivity index (χ3v) is 9.71. The third kappa shape index (κ3) is 35.0. The predicted molar refractivity (Wildman–Crippen MR) is 203 cm³/mol. The first-order chi connectivity index (χ1) is 24.6. The first-order valence-corrected chi connectivity index (χ1v) is 21.7. The Kier molecular flexibility index (Phi) is 34.0. The molecule has 0 fully saturated rings. The second-order valence-electron chi connectivity index (χ2n) is 13.8. The maximum atomic E-state index is 12.6. The number of unbranched alkanes of at least 4 members (excludes halogenated alkanes) is 22. The minimum Gasteiger partial charge on any atom is -0.480 e. The van der Waals surface area contributed by atoms with Crippen molar-refractivity contribution in [2.24, 2.45) is 5.73 Å². The van der Waals surface area contributed by atoms with E-state index < -0.39 is 51.1 Å². The summed E-state index contributed by atoms with van der Waals surface area (Å²) in [5.74, 6) is -2.38. The smallest absolute Gasteiger partial charge is 0.472 e. The maximum Gasteiger partial charge on any atom is 0.472 e. The van der Waals surface area contributed by atoms with E-state index in [1.165, 1.54) is 89.9 Å². The summed E-state index contributed by atoms with van der Waals surface area (Å²) in [6, 6.07) is -1.52. The fourth-order valence-corrected chi connectivity index (χ4v) is 6.31. The van der Waals surface area contributed by atoms with Crippen LogP contribution in [0.25, 0.3) is 0 Å². The van der Waals surface area contributed by atoms with E-state index in [0.29, 0.717) is 12.8 Å². The maximum absolute atomic E-state index is 12.6. The molecule has 0 aromatic heterocycles. The van der Waals surface area contributed by atoms with Gasteiger partial charge in [0.2, 0.25) is 0 Å². The summed E-state index contributed by atoms with van der Waals surface area (Å²) in [7, 11) is -4.71. The topological polar surface area (TPSA) is 172 Å². The average Bonchev–Trinajstić information content (AvgIpc) is 3.10. The molecule has 0 aromatic carbocycles. The van der Waals surface area contributed by atoms with Crippen LogP contribution in [0.4, 0.5) is 0 Å². The number of hydrogen-bond donors (Lipinski definition) is 3. The molecule has 0 aliphatic rings. The van der Waals surface area contributed by atoms with Gasteiger partial charge in [0.05, 0.1) is 13.2 Å². The van der Waals surface area contributed by atoms with Gasteiger partial charge in [0.15, 0.2) is 6.10 Å². The second-order valence-corrected chi connectivity index (χ2v) is 15.2. The number of hydrogen-bond acceptors (Lipinski definition) is 9. The lowest BCUT2D eigenvalue weighted by Crippen LogP contribution is -2.34. The summed E-state index contributed by atoms with van der Waals surface area (Å²) in [5.41, 5.74) is 5.32. The molecule has 0 bridgehead atoms. The van der Waals surface area contributed by atoms with Gasteiger partial charge in [-0.25, -0.2) is 4.57 Å². The Balaban J connectivity index is 4.40. The lowest BCUT2D eigenvalue weighted by atomic mass is 10.0. The molecule has 300 valence electrons. The zero-order valence-electron chi connectivity index (χ0n) is 32.2. The van der Waals surface area contributed by atoms with E-state index in [4.69, 9.17) is 24.8 Å². The predicted octanol–water partition coefficient (Wildman–Crippen LogP) is 10.1. The normalized spacial score (nSPS) is 14.0. The quantitative estimate of drug-likeness (QED) is 0.0237. The second kappa shape index (κ2) is 35.3. The van der Waals surface area contributed by atoms with E-state index in [1.807, 2.05) is 0 Å². The van der Waals surface area contributed by atoms with Gasteiger partial charge in [0.1, 0.15) is 12.6 Å². The number of allylic oxidation sites excluding steroid dienone is 2. The first-order valence-electron chi connectivity index (χ1n) is 20.2. The van der Waals surface area contributed by atoms with Crippen molar-refractivity contribution in [3.63, 3.8) is 0 Å². The molecule has 12 heteroatoms. The Morgan fingerprint density at radius 1 is 0.588 bits per heavy atom. The molecule has 0 spiro atoms. The van der Waals surface area contributed by atoms with Crippen LogP contribution < -0.4 is 5.73 Å². The van der Waals surface area contributed by atoms with Crippen molar-refractivity contribution < 1.29 is 47.5 Å². The summed E-state index contributed by atoms with van der Waals surface area (Å²) in [4.78, 5) is 45.8. The van der Waals surface area contributed by atoms with Crippen LogP contribution in [0.3, 0.4) is 0 Å². The Morgan fingerprint density at radius 3 is 1.45 bits per heavy atom. The molecular formula is C39H74NO10P. The summed E-state index contributed by atoms with van der Waals surface area (Å²) in [6.45, 7) is 2.78. The average molecular weight is 748 g/mol. The van der Waals surface area contributed by atoms with Gasteiger partial charge >= 0.3 is 25.7 Å². The van der Waals surface area contributed by atoms with E-state index in [9.17, 15) is 23.8 Å². The van der Waals surface area contributed by atoms with Gasteiger partial charge in [-0.2, -0.15) is 0 Å². The highest BCUT2D eigenvalue weighted by Crippen LogP contribution is 2.43. The third-order valence-electron chi connectivity index (χ3n) is 8.76. The standard InChI is InChI=1S/C39H74NO10P/c1-3-5-7-9-11-13-15-17-19-20-22-24-26-28-30-37(41)47-32-35(33-48-51(45,46)49-34-36(40)39(43)44)50-38(42)31-29-27-25-23-21-18-16-14-12-10-8-6-4-2/h14,16,35-36H,3-13,15,17-34,40H2,1-2H3,(H,43,44)(H,45,46)/b16-14+/t35-,36+/m1/s1. The van der Waals surface area contributed by atoms with E-state index in [-0.39, 0.29) is 19.4 Å². The highest BCUT2D eigenvalue weighted by atomic mass is 31.2. The number of ether oxygens (including phenoxy) is 2. The van der Waals surface area contributed by atoms with Crippen LogP contribution in [-0.4, -0.2) is 59.9 Å². The zero-order valence-corrected chi connectivity index (χ0v) is 33.1. The number of phosphoric acid groups is 1. The van der Waals surface area contributed by atoms with Gasteiger partial charge in [0, 0.05) is 12.8 Å². The Hall–Kier alpha value is -1.78. The summed E-state index contributed by atoms with van der Waals surface area (Å²) in [5, 5.41) is 8.86. The Morgan fingerprint density at radius 2 is 0.980 bits per heavy atom. The fraction of sp³-hybridized carbons (Fsp3) is 0.872. The number of carbonyl (C=O) groups is 3. The van der Waals surface area contributed by atoms with Crippen molar-refractivity contribution in [3.05, 3.63) is 12.2 Å². The lowest BCUT2D eigenvalue weighted by molar-refractivity contribution is -0.161. The minimum absolute atomic E-state index is 0.155. The van der Waals surface area contributed by atoms with Gasteiger partial charge < -0.3 is 25.2 Å². The monoisotopic (exact) mass is 748 g/mol. The number of phosphoric ester groups is 1. The van der Waals surface area contributed by atoms with Crippen molar-refractivity contribution in [3.8, 4) is 0 Å². The largest absolute Gasteiger partial charge is 0.480 e. The van der Waals surface area contributed by atoms with E-state index >= 15 is 0 Å². The van der Waals surface area contributed by atoms with Gasteiger partial charge in [-0.1, -0.05) is 148 Å². The number of carboxylic acid groups (broad SMARTS) is 1. The molecule has 0 aliphatic carbocycles.